The first-order valence-corrected chi connectivity index (χ1v) is 10.6. The minimum absolute atomic E-state index is 0.0122. The molecule has 1 amide bonds. The molecule has 9 heteroatoms. The third-order valence-corrected chi connectivity index (χ3v) is 5.98. The predicted molar refractivity (Wildman–Crippen MR) is 122 cm³/mol. The second-order valence-corrected chi connectivity index (χ2v) is 8.32. The highest BCUT2D eigenvalue weighted by molar-refractivity contribution is 6.42. The van der Waals surface area contributed by atoms with Crippen LogP contribution in [0, 0.1) is 0 Å². The predicted octanol–water partition coefficient (Wildman–Crippen LogP) is 7.48. The Morgan fingerprint density at radius 2 is 1.66 bits per heavy atom. The molecule has 3 aromatic rings. The van der Waals surface area contributed by atoms with Gasteiger partial charge in [0.25, 0.3) is 0 Å². The van der Waals surface area contributed by atoms with Crippen molar-refractivity contribution in [3.8, 4) is 0 Å². The van der Waals surface area contributed by atoms with Crippen molar-refractivity contribution in [2.45, 2.75) is 18.8 Å². The fourth-order valence-electron chi connectivity index (χ4n) is 3.30. The van der Waals surface area contributed by atoms with E-state index in [1.165, 1.54) is 6.07 Å². The van der Waals surface area contributed by atoms with E-state index in [-0.39, 0.29) is 12.2 Å². The lowest BCUT2D eigenvalue weighted by Crippen LogP contribution is -2.34. The molecule has 0 fully saturated rings. The van der Waals surface area contributed by atoms with Gasteiger partial charge in [-0.3, -0.25) is 9.69 Å². The van der Waals surface area contributed by atoms with Gasteiger partial charge in [-0.1, -0.05) is 77.3 Å². The van der Waals surface area contributed by atoms with Gasteiger partial charge in [-0.15, -0.1) is 0 Å². The molecule has 0 aromatic heterocycles. The normalized spacial score (nSPS) is 12.6. The summed E-state index contributed by atoms with van der Waals surface area (Å²) in [5, 5.41) is 2.90. The number of likely N-dealkylation sites (N-methyl/N-ethyl adjacent to an activating group) is 1. The Morgan fingerprint density at radius 1 is 0.969 bits per heavy atom. The van der Waals surface area contributed by atoms with Crippen LogP contribution in [0.2, 0.25) is 15.1 Å². The summed E-state index contributed by atoms with van der Waals surface area (Å²) in [5.74, 6) is -0.507. The molecular formula is C23H18Cl3F3N2O. The SMILES string of the molecule is CN(Cc1cccc(Cl)c1Cl)[C@@H](C(=O)Nc1ccc(Cl)c(C(F)(F)F)c1)c1ccccc1. The minimum Gasteiger partial charge on any atom is -0.324 e. The Morgan fingerprint density at radius 3 is 2.31 bits per heavy atom. The van der Waals surface area contributed by atoms with E-state index in [0.29, 0.717) is 21.2 Å². The zero-order valence-electron chi connectivity index (χ0n) is 16.8. The van der Waals surface area contributed by atoms with Gasteiger partial charge in [0.1, 0.15) is 6.04 Å². The summed E-state index contributed by atoms with van der Waals surface area (Å²) in [6.45, 7) is 0.279. The second kappa shape index (κ2) is 10.1. The Kier molecular flexibility index (Phi) is 7.72. The number of nitrogens with one attached hydrogen (secondary N) is 1. The van der Waals surface area contributed by atoms with Gasteiger partial charge < -0.3 is 5.32 Å². The lowest BCUT2D eigenvalue weighted by atomic mass is 10.0. The smallest absolute Gasteiger partial charge is 0.324 e. The van der Waals surface area contributed by atoms with Crippen LogP contribution in [0.15, 0.2) is 66.7 Å². The summed E-state index contributed by atoms with van der Waals surface area (Å²) in [6.07, 6.45) is -4.64. The third-order valence-electron chi connectivity index (χ3n) is 4.80. The maximum atomic E-state index is 13.2. The molecule has 0 saturated heterocycles. The highest BCUT2D eigenvalue weighted by Gasteiger charge is 2.34. The molecule has 0 aliphatic rings. The zero-order valence-corrected chi connectivity index (χ0v) is 19.0. The molecule has 3 nitrogen and oxygen atoms in total. The van der Waals surface area contributed by atoms with E-state index in [4.69, 9.17) is 34.8 Å². The number of carbonyl (C=O) groups excluding carboxylic acids is 1. The maximum absolute atomic E-state index is 13.2. The number of carbonyl (C=O) groups is 1. The van der Waals surface area contributed by atoms with Crippen LogP contribution in [0.5, 0.6) is 0 Å². The van der Waals surface area contributed by atoms with Gasteiger partial charge in [-0.25, -0.2) is 0 Å². The molecule has 0 spiro atoms. The largest absolute Gasteiger partial charge is 0.417 e. The molecule has 0 radical (unpaired) electrons. The van der Waals surface area contributed by atoms with Gasteiger partial charge in [-0.2, -0.15) is 13.2 Å². The van der Waals surface area contributed by atoms with Gasteiger partial charge in [0, 0.05) is 12.2 Å². The van der Waals surface area contributed by atoms with Crippen molar-refractivity contribution in [2.75, 3.05) is 12.4 Å². The molecule has 3 aromatic carbocycles. The van der Waals surface area contributed by atoms with Crippen molar-refractivity contribution >= 4 is 46.4 Å². The summed E-state index contributed by atoms with van der Waals surface area (Å²) in [7, 11) is 1.72. The molecule has 0 unspecified atom stereocenters. The molecular weight excluding hydrogens is 484 g/mol. The number of hydrogen-bond donors (Lipinski definition) is 1. The van der Waals surface area contributed by atoms with E-state index < -0.39 is 28.7 Å². The van der Waals surface area contributed by atoms with Gasteiger partial charge in [0.15, 0.2) is 0 Å². The van der Waals surface area contributed by atoms with E-state index in [0.717, 1.165) is 12.1 Å². The van der Waals surface area contributed by atoms with Gasteiger partial charge in [0.05, 0.1) is 20.6 Å². The lowest BCUT2D eigenvalue weighted by molar-refractivity contribution is -0.137. The number of halogens is 6. The monoisotopic (exact) mass is 500 g/mol. The van der Waals surface area contributed by atoms with Crippen LogP contribution in [-0.2, 0) is 17.5 Å². The van der Waals surface area contributed by atoms with Crippen LogP contribution >= 0.6 is 34.8 Å². The average Bonchev–Trinajstić information content (AvgIpc) is 2.73. The van der Waals surface area contributed by atoms with Gasteiger partial charge in [-0.05, 0) is 42.4 Å². The minimum atomic E-state index is -4.64. The number of benzene rings is 3. The molecule has 0 bridgehead atoms. The summed E-state index contributed by atoms with van der Waals surface area (Å²) in [5.41, 5.74) is 0.339. The van der Waals surface area contributed by atoms with Crippen molar-refractivity contribution in [1.29, 1.82) is 0 Å². The molecule has 0 aliphatic heterocycles. The Hall–Kier alpha value is -2.25. The second-order valence-electron chi connectivity index (χ2n) is 7.12. The van der Waals surface area contributed by atoms with Crippen molar-refractivity contribution in [3.63, 3.8) is 0 Å². The lowest BCUT2D eigenvalue weighted by Gasteiger charge is -2.28. The van der Waals surface area contributed by atoms with E-state index in [1.54, 1.807) is 60.5 Å². The number of amides is 1. The fourth-order valence-corrected chi connectivity index (χ4v) is 3.91. The van der Waals surface area contributed by atoms with Crippen LogP contribution in [0.1, 0.15) is 22.7 Å². The molecule has 1 atom stereocenters. The highest BCUT2D eigenvalue weighted by atomic mass is 35.5. The first kappa shape index (κ1) is 24.4. The van der Waals surface area contributed by atoms with Crippen LogP contribution in [0.3, 0.4) is 0 Å². The number of rotatable bonds is 6. The first-order chi connectivity index (χ1) is 15.1. The third kappa shape index (κ3) is 5.75. The summed E-state index contributed by atoms with van der Waals surface area (Å²) < 4.78 is 39.6. The van der Waals surface area contributed by atoms with E-state index in [1.807, 2.05) is 0 Å². The van der Waals surface area contributed by atoms with E-state index in [2.05, 4.69) is 5.32 Å². The van der Waals surface area contributed by atoms with Gasteiger partial charge in [0.2, 0.25) is 5.91 Å². The van der Waals surface area contributed by atoms with Crippen LogP contribution in [-0.4, -0.2) is 17.9 Å². The highest BCUT2D eigenvalue weighted by Crippen LogP contribution is 2.36. The molecule has 0 aliphatic carbocycles. The Bertz CT molecular complexity index is 1110. The summed E-state index contributed by atoms with van der Waals surface area (Å²) in [6, 6.07) is 16.5. The summed E-state index contributed by atoms with van der Waals surface area (Å²) >= 11 is 18.1. The van der Waals surface area contributed by atoms with E-state index in [9.17, 15) is 18.0 Å². The Balaban J connectivity index is 1.91. The molecule has 1 N–H and O–H groups in total. The van der Waals surface area contributed by atoms with Gasteiger partial charge >= 0.3 is 6.18 Å². The number of hydrogen-bond acceptors (Lipinski definition) is 2. The maximum Gasteiger partial charge on any atom is 0.417 e. The number of alkyl halides is 3. The molecule has 0 heterocycles. The zero-order chi connectivity index (χ0) is 23.5. The molecule has 32 heavy (non-hydrogen) atoms. The van der Waals surface area contributed by atoms with Crippen LogP contribution < -0.4 is 5.32 Å². The molecule has 168 valence electrons. The van der Waals surface area contributed by atoms with Crippen molar-refractivity contribution < 1.29 is 18.0 Å². The van der Waals surface area contributed by atoms with Crippen molar-refractivity contribution in [3.05, 3.63) is 98.5 Å². The van der Waals surface area contributed by atoms with E-state index >= 15 is 0 Å². The first-order valence-electron chi connectivity index (χ1n) is 9.43. The van der Waals surface area contributed by atoms with Crippen molar-refractivity contribution in [2.24, 2.45) is 0 Å². The number of nitrogens with zero attached hydrogens (tertiary/aromatic N) is 1. The van der Waals surface area contributed by atoms with Crippen LogP contribution in [0.25, 0.3) is 0 Å². The summed E-state index contributed by atoms with van der Waals surface area (Å²) in [4.78, 5) is 15.0. The standard InChI is InChI=1S/C23H18Cl3F3N2O/c1-31(13-15-8-5-9-19(25)20(15)26)21(14-6-3-2-4-7-14)22(32)30-16-10-11-18(24)17(12-16)23(27,28)29/h2-12,21H,13H2,1H3,(H,30,32)/t21-/m1/s1. The molecule has 3 rings (SSSR count). The topological polar surface area (TPSA) is 32.3 Å². The van der Waals surface area contributed by atoms with Crippen LogP contribution in [0.4, 0.5) is 18.9 Å². The van der Waals surface area contributed by atoms with Crippen molar-refractivity contribution in [1.82, 2.24) is 4.90 Å². The molecule has 0 saturated carbocycles. The fraction of sp³-hybridized carbons (Fsp3) is 0.174. The quantitative estimate of drug-likeness (QED) is 0.380. The number of anilines is 1. The Labute approximate surface area is 198 Å². The average molecular weight is 502 g/mol.